The highest BCUT2D eigenvalue weighted by atomic mass is 79.9. The van der Waals surface area contributed by atoms with Gasteiger partial charge in [0, 0.05) is 6.20 Å². The third-order valence-corrected chi connectivity index (χ3v) is 2.03. The topological polar surface area (TPSA) is 22.1 Å². The standard InChI is InChI=1S/C8H10BrNO/c1-3-6-4-7(9)8(11-2)10-5-6/h4-5H,3H2,1-2H3. The summed E-state index contributed by atoms with van der Waals surface area (Å²) < 4.78 is 5.90. The van der Waals surface area contributed by atoms with Gasteiger partial charge in [0.2, 0.25) is 5.88 Å². The Bertz CT molecular complexity index is 250. The molecular weight excluding hydrogens is 206 g/mol. The molecule has 2 nitrogen and oxygen atoms in total. The van der Waals surface area contributed by atoms with Crippen LogP contribution in [0.5, 0.6) is 5.88 Å². The minimum atomic E-state index is 0.641. The molecule has 0 spiro atoms. The lowest BCUT2D eigenvalue weighted by molar-refractivity contribution is 0.394. The summed E-state index contributed by atoms with van der Waals surface area (Å²) in [6.45, 7) is 2.09. The number of nitrogens with zero attached hydrogens (tertiary/aromatic N) is 1. The molecule has 0 unspecified atom stereocenters. The minimum absolute atomic E-state index is 0.641. The predicted octanol–water partition coefficient (Wildman–Crippen LogP) is 2.42. The molecule has 60 valence electrons. The van der Waals surface area contributed by atoms with Crippen LogP contribution >= 0.6 is 15.9 Å². The molecule has 0 N–H and O–H groups in total. The molecule has 3 heteroatoms. The smallest absolute Gasteiger partial charge is 0.227 e. The van der Waals surface area contributed by atoms with Gasteiger partial charge in [-0.3, -0.25) is 0 Å². The summed E-state index contributed by atoms with van der Waals surface area (Å²) >= 11 is 3.36. The number of aromatic nitrogens is 1. The number of aryl methyl sites for hydroxylation is 1. The van der Waals surface area contributed by atoms with E-state index in [-0.39, 0.29) is 0 Å². The third-order valence-electron chi connectivity index (χ3n) is 1.47. The highest BCUT2D eigenvalue weighted by molar-refractivity contribution is 9.10. The molecule has 0 saturated carbocycles. The summed E-state index contributed by atoms with van der Waals surface area (Å²) in [6.07, 6.45) is 2.82. The summed E-state index contributed by atoms with van der Waals surface area (Å²) in [5.41, 5.74) is 1.21. The number of methoxy groups -OCH3 is 1. The second-order valence-electron chi connectivity index (χ2n) is 2.19. The van der Waals surface area contributed by atoms with E-state index in [1.54, 1.807) is 7.11 Å². The number of rotatable bonds is 2. The molecule has 0 atom stereocenters. The molecule has 0 aliphatic rings. The van der Waals surface area contributed by atoms with Crippen molar-refractivity contribution < 1.29 is 4.74 Å². The zero-order valence-corrected chi connectivity index (χ0v) is 8.18. The van der Waals surface area contributed by atoms with E-state index < -0.39 is 0 Å². The molecule has 0 radical (unpaired) electrons. The largest absolute Gasteiger partial charge is 0.480 e. The van der Waals surface area contributed by atoms with Crippen molar-refractivity contribution in [2.24, 2.45) is 0 Å². The molecule has 0 aromatic carbocycles. The Morgan fingerprint density at radius 1 is 1.64 bits per heavy atom. The van der Waals surface area contributed by atoms with Crippen LogP contribution in [0.3, 0.4) is 0 Å². The second kappa shape index (κ2) is 3.72. The highest BCUT2D eigenvalue weighted by Gasteiger charge is 2.00. The fourth-order valence-corrected chi connectivity index (χ4v) is 1.37. The number of pyridine rings is 1. The van der Waals surface area contributed by atoms with Gasteiger partial charge >= 0.3 is 0 Å². The SMILES string of the molecule is CCc1cnc(OC)c(Br)c1. The third kappa shape index (κ3) is 1.93. The predicted molar refractivity (Wildman–Crippen MR) is 47.9 cm³/mol. The van der Waals surface area contributed by atoms with Crippen LogP contribution in [0, 0.1) is 0 Å². The molecule has 0 saturated heterocycles. The van der Waals surface area contributed by atoms with E-state index in [0.29, 0.717) is 5.88 Å². The molecular formula is C8H10BrNO. The first-order chi connectivity index (χ1) is 5.27. The van der Waals surface area contributed by atoms with Crippen LogP contribution in [-0.2, 0) is 6.42 Å². The van der Waals surface area contributed by atoms with Gasteiger partial charge in [0.25, 0.3) is 0 Å². The van der Waals surface area contributed by atoms with Crippen LogP contribution in [0.4, 0.5) is 0 Å². The maximum Gasteiger partial charge on any atom is 0.227 e. The van der Waals surface area contributed by atoms with Crippen molar-refractivity contribution in [1.82, 2.24) is 4.98 Å². The minimum Gasteiger partial charge on any atom is -0.480 e. The van der Waals surface area contributed by atoms with Gasteiger partial charge in [0.1, 0.15) is 0 Å². The second-order valence-corrected chi connectivity index (χ2v) is 3.04. The normalized spacial score (nSPS) is 9.73. The lowest BCUT2D eigenvalue weighted by atomic mass is 10.2. The van der Waals surface area contributed by atoms with Crippen molar-refractivity contribution >= 4 is 15.9 Å². The van der Waals surface area contributed by atoms with Crippen molar-refractivity contribution in [2.45, 2.75) is 13.3 Å². The van der Waals surface area contributed by atoms with Crippen LogP contribution in [0.25, 0.3) is 0 Å². The molecule has 1 aromatic heterocycles. The van der Waals surface area contributed by atoms with Crippen LogP contribution in [-0.4, -0.2) is 12.1 Å². The summed E-state index contributed by atoms with van der Waals surface area (Å²) in [5, 5.41) is 0. The molecule has 11 heavy (non-hydrogen) atoms. The number of halogens is 1. The van der Waals surface area contributed by atoms with Crippen molar-refractivity contribution in [1.29, 1.82) is 0 Å². The van der Waals surface area contributed by atoms with Gasteiger partial charge in [-0.1, -0.05) is 6.92 Å². The highest BCUT2D eigenvalue weighted by Crippen LogP contribution is 2.22. The molecule has 1 heterocycles. The Balaban J connectivity index is 2.99. The fourth-order valence-electron chi connectivity index (χ4n) is 0.809. The Hall–Kier alpha value is -0.570. The maximum atomic E-state index is 4.99. The van der Waals surface area contributed by atoms with Gasteiger partial charge in [-0.2, -0.15) is 0 Å². The Labute approximate surface area is 74.7 Å². The van der Waals surface area contributed by atoms with E-state index >= 15 is 0 Å². The Kier molecular flexibility index (Phi) is 2.88. The van der Waals surface area contributed by atoms with Gasteiger partial charge in [0.05, 0.1) is 11.6 Å². The lowest BCUT2D eigenvalue weighted by Gasteiger charge is -2.02. The Morgan fingerprint density at radius 3 is 2.82 bits per heavy atom. The summed E-state index contributed by atoms with van der Waals surface area (Å²) in [7, 11) is 1.61. The molecule has 0 amide bonds. The van der Waals surface area contributed by atoms with E-state index in [1.165, 1.54) is 5.56 Å². The zero-order chi connectivity index (χ0) is 8.27. The van der Waals surface area contributed by atoms with Crippen molar-refractivity contribution in [3.05, 3.63) is 22.3 Å². The fraction of sp³-hybridized carbons (Fsp3) is 0.375. The first-order valence-corrected chi connectivity index (χ1v) is 4.25. The van der Waals surface area contributed by atoms with E-state index in [9.17, 15) is 0 Å². The lowest BCUT2D eigenvalue weighted by Crippen LogP contribution is -1.90. The van der Waals surface area contributed by atoms with Crippen LogP contribution < -0.4 is 4.74 Å². The molecule has 1 rings (SSSR count). The molecule has 0 aliphatic heterocycles. The van der Waals surface area contributed by atoms with Crippen LogP contribution in [0.1, 0.15) is 12.5 Å². The summed E-state index contributed by atoms with van der Waals surface area (Å²) in [4.78, 5) is 4.10. The van der Waals surface area contributed by atoms with Gasteiger partial charge in [-0.25, -0.2) is 4.98 Å². The van der Waals surface area contributed by atoms with E-state index in [1.807, 2.05) is 12.3 Å². The van der Waals surface area contributed by atoms with Gasteiger partial charge in [-0.15, -0.1) is 0 Å². The first kappa shape index (κ1) is 8.53. The molecule has 0 fully saturated rings. The zero-order valence-electron chi connectivity index (χ0n) is 6.60. The number of hydrogen-bond acceptors (Lipinski definition) is 2. The van der Waals surface area contributed by atoms with Crippen LogP contribution in [0.2, 0.25) is 0 Å². The number of hydrogen-bond donors (Lipinski definition) is 0. The van der Waals surface area contributed by atoms with E-state index in [0.717, 1.165) is 10.9 Å². The van der Waals surface area contributed by atoms with E-state index in [4.69, 9.17) is 4.74 Å². The van der Waals surface area contributed by atoms with Gasteiger partial charge < -0.3 is 4.74 Å². The average Bonchev–Trinajstić information content (AvgIpc) is 2.04. The van der Waals surface area contributed by atoms with Crippen molar-refractivity contribution in [3.8, 4) is 5.88 Å². The summed E-state index contributed by atoms with van der Waals surface area (Å²) in [6, 6.07) is 2.02. The monoisotopic (exact) mass is 215 g/mol. The van der Waals surface area contributed by atoms with Crippen molar-refractivity contribution in [3.63, 3.8) is 0 Å². The Morgan fingerprint density at radius 2 is 2.36 bits per heavy atom. The summed E-state index contributed by atoms with van der Waals surface area (Å²) in [5.74, 6) is 0.641. The van der Waals surface area contributed by atoms with E-state index in [2.05, 4.69) is 27.8 Å². The maximum absolute atomic E-state index is 4.99. The van der Waals surface area contributed by atoms with Crippen molar-refractivity contribution in [2.75, 3.05) is 7.11 Å². The quantitative estimate of drug-likeness (QED) is 0.757. The molecule has 0 bridgehead atoms. The van der Waals surface area contributed by atoms with Crippen LogP contribution in [0.15, 0.2) is 16.7 Å². The van der Waals surface area contributed by atoms with Gasteiger partial charge in [0.15, 0.2) is 0 Å². The van der Waals surface area contributed by atoms with Gasteiger partial charge in [-0.05, 0) is 34.0 Å². The number of ether oxygens (including phenoxy) is 1. The first-order valence-electron chi connectivity index (χ1n) is 3.46. The molecule has 0 aliphatic carbocycles. The average molecular weight is 216 g/mol. The molecule has 1 aromatic rings.